The van der Waals surface area contributed by atoms with Crippen LogP contribution >= 0.6 is 0 Å². The third-order valence-electron chi connectivity index (χ3n) is 2.87. The molecule has 0 saturated carbocycles. The summed E-state index contributed by atoms with van der Waals surface area (Å²) in [5.74, 6) is 2.37. The van der Waals surface area contributed by atoms with Crippen LogP contribution in [0.2, 0.25) is 0 Å². The highest BCUT2D eigenvalue weighted by atomic mass is 16.5. The summed E-state index contributed by atoms with van der Waals surface area (Å²) in [4.78, 5) is 15.2. The average Bonchev–Trinajstić information content (AvgIpc) is 2.47. The van der Waals surface area contributed by atoms with E-state index in [0.717, 1.165) is 19.7 Å². The largest absolute Gasteiger partial charge is 0.379 e. The molecule has 0 atom stereocenters. The molecule has 0 aliphatic carbocycles. The van der Waals surface area contributed by atoms with E-state index in [-0.39, 0.29) is 0 Å². The molecule has 0 aromatic carbocycles. The zero-order chi connectivity index (χ0) is 15.7. The summed E-state index contributed by atoms with van der Waals surface area (Å²) in [5, 5.41) is 6.15. The number of rotatable bonds is 10. The number of nitrogens with zero attached hydrogens (tertiary/aromatic N) is 4. The first kappa shape index (κ1) is 17.4. The summed E-state index contributed by atoms with van der Waals surface area (Å²) in [6.45, 7) is 12.2. The quantitative estimate of drug-likeness (QED) is 0.638. The second-order valence-corrected chi connectivity index (χ2v) is 5.10. The van der Waals surface area contributed by atoms with Crippen LogP contribution in [0.5, 0.6) is 0 Å². The number of aromatic nitrogens is 3. The van der Waals surface area contributed by atoms with Gasteiger partial charge in [-0.2, -0.15) is 15.0 Å². The number of anilines is 3. The van der Waals surface area contributed by atoms with Crippen LogP contribution in [-0.2, 0) is 4.74 Å². The minimum atomic E-state index is 0.548. The molecule has 1 aromatic heterocycles. The van der Waals surface area contributed by atoms with Crippen molar-refractivity contribution in [1.29, 1.82) is 0 Å². The zero-order valence-electron chi connectivity index (χ0n) is 13.8. The maximum atomic E-state index is 5.53. The van der Waals surface area contributed by atoms with Crippen molar-refractivity contribution >= 4 is 17.8 Å². The lowest BCUT2D eigenvalue weighted by atomic mass is 10.2. The van der Waals surface area contributed by atoms with E-state index < -0.39 is 0 Å². The van der Waals surface area contributed by atoms with Gasteiger partial charge in [-0.25, -0.2) is 0 Å². The fourth-order valence-corrected chi connectivity index (χ4v) is 1.76. The van der Waals surface area contributed by atoms with Gasteiger partial charge in [0, 0.05) is 33.3 Å². The highest BCUT2D eigenvalue weighted by Crippen LogP contribution is 2.12. The Morgan fingerprint density at radius 3 is 2.33 bits per heavy atom. The summed E-state index contributed by atoms with van der Waals surface area (Å²) >= 11 is 0. The van der Waals surface area contributed by atoms with Crippen molar-refractivity contribution in [3.8, 4) is 0 Å². The fourth-order valence-electron chi connectivity index (χ4n) is 1.76. The summed E-state index contributed by atoms with van der Waals surface area (Å²) in [6, 6.07) is 0. The van der Waals surface area contributed by atoms with Gasteiger partial charge in [-0.1, -0.05) is 13.8 Å². The van der Waals surface area contributed by atoms with Crippen LogP contribution in [0.4, 0.5) is 17.8 Å². The maximum Gasteiger partial charge on any atom is 0.231 e. The summed E-state index contributed by atoms with van der Waals surface area (Å²) < 4.78 is 5.53. The summed E-state index contributed by atoms with van der Waals surface area (Å²) in [5.41, 5.74) is 0. The normalized spacial score (nSPS) is 10.8. The molecular weight excluding hydrogens is 268 g/mol. The molecule has 0 spiro atoms. The first-order valence-electron chi connectivity index (χ1n) is 7.61. The Morgan fingerprint density at radius 2 is 1.76 bits per heavy atom. The third kappa shape index (κ3) is 6.12. The summed E-state index contributed by atoms with van der Waals surface area (Å²) in [6.07, 6.45) is 0. The molecule has 120 valence electrons. The van der Waals surface area contributed by atoms with Gasteiger partial charge < -0.3 is 20.3 Å². The van der Waals surface area contributed by atoms with E-state index in [9.17, 15) is 0 Å². The molecule has 0 amide bonds. The molecule has 0 unspecified atom stereocenters. The van der Waals surface area contributed by atoms with Crippen molar-refractivity contribution in [1.82, 2.24) is 15.0 Å². The van der Waals surface area contributed by atoms with E-state index in [2.05, 4.69) is 58.2 Å². The van der Waals surface area contributed by atoms with Crippen molar-refractivity contribution in [3.05, 3.63) is 0 Å². The van der Waals surface area contributed by atoms with Crippen molar-refractivity contribution < 1.29 is 4.74 Å². The Bertz CT molecular complexity index is 408. The van der Waals surface area contributed by atoms with Crippen LogP contribution in [0.3, 0.4) is 0 Å². The Labute approximate surface area is 127 Å². The number of hydrogen-bond donors (Lipinski definition) is 2. The predicted octanol–water partition coefficient (Wildman–Crippen LogP) is 1.84. The van der Waals surface area contributed by atoms with E-state index in [1.807, 2.05) is 0 Å². The monoisotopic (exact) mass is 296 g/mol. The zero-order valence-corrected chi connectivity index (χ0v) is 13.8. The third-order valence-corrected chi connectivity index (χ3v) is 2.87. The first-order valence-corrected chi connectivity index (χ1v) is 7.61. The Balaban J connectivity index is 2.62. The van der Waals surface area contributed by atoms with Gasteiger partial charge in [0.05, 0.1) is 6.61 Å². The lowest BCUT2D eigenvalue weighted by Gasteiger charge is -2.19. The molecule has 0 radical (unpaired) electrons. The van der Waals surface area contributed by atoms with E-state index in [4.69, 9.17) is 4.74 Å². The van der Waals surface area contributed by atoms with Crippen molar-refractivity contribution in [2.75, 3.05) is 55.4 Å². The smallest absolute Gasteiger partial charge is 0.231 e. The van der Waals surface area contributed by atoms with Crippen molar-refractivity contribution in [2.24, 2.45) is 5.92 Å². The second-order valence-electron chi connectivity index (χ2n) is 5.10. The fraction of sp³-hybridized carbons (Fsp3) is 0.786. The standard InChI is InChI=1S/C14H28N6O/c1-6-20(7-2)14-18-12(15-5)17-13(19-14)16-8-9-21-10-11(3)4/h11H,6-10H2,1-5H3,(H2,15,16,17,18,19). The van der Waals surface area contributed by atoms with Gasteiger partial charge in [-0.05, 0) is 19.8 Å². The highest BCUT2D eigenvalue weighted by molar-refractivity contribution is 5.43. The SMILES string of the molecule is CCN(CC)c1nc(NC)nc(NCCOCC(C)C)n1. The first-order chi connectivity index (χ1) is 10.1. The van der Waals surface area contributed by atoms with Gasteiger partial charge in [0.25, 0.3) is 0 Å². The molecule has 1 aromatic rings. The van der Waals surface area contributed by atoms with Gasteiger partial charge in [0.15, 0.2) is 0 Å². The minimum absolute atomic E-state index is 0.548. The van der Waals surface area contributed by atoms with Gasteiger partial charge in [-0.15, -0.1) is 0 Å². The molecule has 0 fully saturated rings. The molecule has 2 N–H and O–H groups in total. The van der Waals surface area contributed by atoms with Gasteiger partial charge in [0.2, 0.25) is 17.8 Å². The number of hydrogen-bond acceptors (Lipinski definition) is 7. The molecule has 1 rings (SSSR count). The predicted molar refractivity (Wildman–Crippen MR) is 87.1 cm³/mol. The van der Waals surface area contributed by atoms with Crippen LogP contribution in [0, 0.1) is 5.92 Å². The van der Waals surface area contributed by atoms with Crippen LogP contribution in [-0.4, -0.2) is 54.8 Å². The van der Waals surface area contributed by atoms with E-state index in [1.165, 1.54) is 0 Å². The Morgan fingerprint density at radius 1 is 1.10 bits per heavy atom. The molecule has 0 bridgehead atoms. The minimum Gasteiger partial charge on any atom is -0.379 e. The lowest BCUT2D eigenvalue weighted by Crippen LogP contribution is -2.25. The lowest BCUT2D eigenvalue weighted by molar-refractivity contribution is 0.118. The average molecular weight is 296 g/mol. The Kier molecular flexibility index (Phi) is 7.74. The van der Waals surface area contributed by atoms with Crippen LogP contribution < -0.4 is 15.5 Å². The summed E-state index contributed by atoms with van der Waals surface area (Å²) in [7, 11) is 1.80. The molecule has 0 saturated heterocycles. The van der Waals surface area contributed by atoms with E-state index in [0.29, 0.717) is 36.9 Å². The van der Waals surface area contributed by atoms with Gasteiger partial charge in [0.1, 0.15) is 0 Å². The molecule has 7 nitrogen and oxygen atoms in total. The van der Waals surface area contributed by atoms with Crippen molar-refractivity contribution in [2.45, 2.75) is 27.7 Å². The van der Waals surface area contributed by atoms with Crippen LogP contribution in [0.1, 0.15) is 27.7 Å². The van der Waals surface area contributed by atoms with Crippen LogP contribution in [0.25, 0.3) is 0 Å². The Hall–Kier alpha value is -1.63. The molecule has 0 aliphatic heterocycles. The highest BCUT2D eigenvalue weighted by Gasteiger charge is 2.10. The molecular formula is C14H28N6O. The number of ether oxygens (including phenoxy) is 1. The number of nitrogens with one attached hydrogen (secondary N) is 2. The van der Waals surface area contributed by atoms with E-state index >= 15 is 0 Å². The molecule has 1 heterocycles. The van der Waals surface area contributed by atoms with Gasteiger partial charge >= 0.3 is 0 Å². The second kappa shape index (κ2) is 9.33. The molecule has 21 heavy (non-hydrogen) atoms. The van der Waals surface area contributed by atoms with Crippen LogP contribution in [0.15, 0.2) is 0 Å². The maximum absolute atomic E-state index is 5.53. The van der Waals surface area contributed by atoms with Gasteiger partial charge in [-0.3, -0.25) is 0 Å². The van der Waals surface area contributed by atoms with Crippen molar-refractivity contribution in [3.63, 3.8) is 0 Å². The molecule has 7 heteroatoms. The molecule has 0 aliphatic rings. The van der Waals surface area contributed by atoms with E-state index in [1.54, 1.807) is 7.05 Å². The topological polar surface area (TPSA) is 75.2 Å².